The fourth-order valence-corrected chi connectivity index (χ4v) is 1.83. The van der Waals surface area contributed by atoms with E-state index in [1.165, 1.54) is 0 Å². The minimum Gasteiger partial charge on any atom is -0.368 e. The molecule has 2 rings (SSSR count). The van der Waals surface area contributed by atoms with Crippen molar-refractivity contribution in [2.45, 2.75) is 13.0 Å². The molecule has 1 unspecified atom stereocenters. The third kappa shape index (κ3) is 2.17. The number of nitrogens with two attached hydrogens (primary N) is 1. The molecule has 1 heterocycles. The number of amides is 1. The van der Waals surface area contributed by atoms with Crippen LogP contribution < -0.4 is 5.73 Å². The third-order valence-electron chi connectivity index (χ3n) is 2.61. The highest BCUT2D eigenvalue weighted by Crippen LogP contribution is 2.27. The summed E-state index contributed by atoms with van der Waals surface area (Å²) in [5, 5.41) is 0.594. The van der Waals surface area contributed by atoms with Crippen LogP contribution in [-0.4, -0.2) is 15.5 Å². The van der Waals surface area contributed by atoms with Gasteiger partial charge in [0, 0.05) is 18.0 Å². The lowest BCUT2D eigenvalue weighted by atomic mass is 10.2. The first-order valence-corrected chi connectivity index (χ1v) is 5.56. The van der Waals surface area contributed by atoms with Crippen LogP contribution in [0.2, 0.25) is 5.02 Å². The van der Waals surface area contributed by atoms with E-state index in [2.05, 4.69) is 4.98 Å². The van der Waals surface area contributed by atoms with Crippen LogP contribution in [0.15, 0.2) is 36.7 Å². The highest BCUT2D eigenvalue weighted by molar-refractivity contribution is 6.33. The Morgan fingerprint density at radius 2 is 2.18 bits per heavy atom. The molecule has 0 aliphatic carbocycles. The van der Waals surface area contributed by atoms with E-state index in [1.54, 1.807) is 30.0 Å². The smallest absolute Gasteiger partial charge is 0.240 e. The fourth-order valence-electron chi connectivity index (χ4n) is 1.61. The van der Waals surface area contributed by atoms with Crippen LogP contribution in [0.5, 0.6) is 0 Å². The molecule has 1 aromatic heterocycles. The first kappa shape index (κ1) is 11.7. The molecule has 0 spiro atoms. The summed E-state index contributed by atoms with van der Waals surface area (Å²) in [6.45, 7) is 1.73. The van der Waals surface area contributed by atoms with Crippen molar-refractivity contribution in [3.05, 3.63) is 41.7 Å². The third-order valence-corrected chi connectivity index (χ3v) is 2.94. The molecule has 17 heavy (non-hydrogen) atoms. The van der Waals surface area contributed by atoms with Gasteiger partial charge >= 0.3 is 0 Å². The number of hydrogen-bond donors (Lipinski definition) is 1. The van der Waals surface area contributed by atoms with Crippen LogP contribution in [0.25, 0.3) is 11.4 Å². The Morgan fingerprint density at radius 3 is 2.82 bits per heavy atom. The molecular formula is C12H12ClN3O. The van der Waals surface area contributed by atoms with Crippen LogP contribution in [-0.2, 0) is 4.79 Å². The summed E-state index contributed by atoms with van der Waals surface area (Å²) >= 11 is 6.10. The number of benzene rings is 1. The number of carbonyl (C=O) groups excluding carboxylic acids is 1. The van der Waals surface area contributed by atoms with E-state index >= 15 is 0 Å². The maximum atomic E-state index is 11.2. The van der Waals surface area contributed by atoms with Gasteiger partial charge < -0.3 is 10.3 Å². The minimum atomic E-state index is -0.455. The van der Waals surface area contributed by atoms with Gasteiger partial charge in [-0.2, -0.15) is 0 Å². The van der Waals surface area contributed by atoms with Crippen molar-refractivity contribution in [2.24, 2.45) is 5.73 Å². The lowest BCUT2D eigenvalue weighted by Crippen LogP contribution is -2.24. The van der Waals surface area contributed by atoms with Crippen molar-refractivity contribution >= 4 is 17.5 Å². The van der Waals surface area contributed by atoms with Gasteiger partial charge in [-0.25, -0.2) is 4.98 Å². The molecule has 5 heteroatoms. The Kier molecular flexibility index (Phi) is 3.15. The van der Waals surface area contributed by atoms with Gasteiger partial charge in [0.25, 0.3) is 0 Å². The van der Waals surface area contributed by atoms with Gasteiger partial charge in [0.1, 0.15) is 11.9 Å². The number of halogens is 1. The number of aromatic nitrogens is 2. The maximum absolute atomic E-state index is 11.2. The van der Waals surface area contributed by atoms with E-state index in [0.717, 1.165) is 5.56 Å². The second kappa shape index (κ2) is 4.59. The highest BCUT2D eigenvalue weighted by atomic mass is 35.5. The summed E-state index contributed by atoms with van der Waals surface area (Å²) in [7, 11) is 0. The van der Waals surface area contributed by atoms with E-state index < -0.39 is 11.9 Å². The van der Waals surface area contributed by atoms with Crippen LogP contribution in [0, 0.1) is 0 Å². The molecule has 0 radical (unpaired) electrons. The average molecular weight is 250 g/mol. The lowest BCUT2D eigenvalue weighted by Gasteiger charge is -2.13. The van der Waals surface area contributed by atoms with Crippen molar-refractivity contribution in [2.75, 3.05) is 0 Å². The Hall–Kier alpha value is -1.81. The van der Waals surface area contributed by atoms with E-state index in [-0.39, 0.29) is 0 Å². The number of rotatable bonds is 3. The van der Waals surface area contributed by atoms with Crippen LogP contribution in [0.3, 0.4) is 0 Å². The van der Waals surface area contributed by atoms with Crippen molar-refractivity contribution in [3.8, 4) is 11.4 Å². The van der Waals surface area contributed by atoms with E-state index in [1.807, 2.05) is 18.2 Å². The number of carbonyl (C=O) groups is 1. The van der Waals surface area contributed by atoms with Crippen molar-refractivity contribution in [1.29, 1.82) is 0 Å². The van der Waals surface area contributed by atoms with Crippen LogP contribution >= 0.6 is 11.6 Å². The van der Waals surface area contributed by atoms with E-state index in [4.69, 9.17) is 17.3 Å². The van der Waals surface area contributed by atoms with Gasteiger partial charge in [0.15, 0.2) is 0 Å². The molecule has 0 fully saturated rings. The first-order valence-electron chi connectivity index (χ1n) is 5.18. The molecule has 4 nitrogen and oxygen atoms in total. The summed E-state index contributed by atoms with van der Waals surface area (Å²) in [4.78, 5) is 15.4. The van der Waals surface area contributed by atoms with Crippen molar-refractivity contribution in [3.63, 3.8) is 0 Å². The monoisotopic (exact) mass is 249 g/mol. The van der Waals surface area contributed by atoms with Crippen LogP contribution in [0.4, 0.5) is 0 Å². The number of imidazole rings is 1. The molecule has 1 atom stereocenters. The number of hydrogen-bond acceptors (Lipinski definition) is 2. The topological polar surface area (TPSA) is 60.9 Å². The Bertz CT molecular complexity index is 550. The second-order valence-electron chi connectivity index (χ2n) is 3.72. The summed E-state index contributed by atoms with van der Waals surface area (Å²) in [5.74, 6) is 0.234. The Morgan fingerprint density at radius 1 is 1.47 bits per heavy atom. The highest BCUT2D eigenvalue weighted by Gasteiger charge is 2.17. The molecule has 0 bridgehead atoms. The zero-order valence-corrected chi connectivity index (χ0v) is 10.1. The first-order chi connectivity index (χ1) is 8.11. The van der Waals surface area contributed by atoms with Gasteiger partial charge in [-0.3, -0.25) is 4.79 Å². The molecular weight excluding hydrogens is 238 g/mol. The molecule has 88 valence electrons. The second-order valence-corrected chi connectivity index (χ2v) is 4.12. The molecule has 0 aliphatic heterocycles. The van der Waals surface area contributed by atoms with Crippen molar-refractivity contribution < 1.29 is 4.79 Å². The molecule has 2 N–H and O–H groups in total. The zero-order chi connectivity index (χ0) is 12.4. The largest absolute Gasteiger partial charge is 0.368 e. The number of primary amides is 1. The van der Waals surface area contributed by atoms with E-state index in [9.17, 15) is 4.79 Å². The molecule has 1 aromatic carbocycles. The molecule has 0 saturated carbocycles. The molecule has 0 aliphatic rings. The Labute approximate surface area is 104 Å². The van der Waals surface area contributed by atoms with E-state index in [0.29, 0.717) is 10.8 Å². The summed E-state index contributed by atoms with van der Waals surface area (Å²) in [6, 6.07) is 6.90. The fraction of sp³-hybridized carbons (Fsp3) is 0.167. The summed E-state index contributed by atoms with van der Waals surface area (Å²) in [6.07, 6.45) is 3.34. The molecule has 1 amide bonds. The SMILES string of the molecule is CC(C(N)=O)n1ccnc1-c1ccccc1Cl. The summed E-state index contributed by atoms with van der Waals surface area (Å²) < 4.78 is 1.71. The van der Waals surface area contributed by atoms with Gasteiger partial charge in [0.05, 0.1) is 5.02 Å². The Balaban J connectivity index is 2.51. The number of nitrogens with zero attached hydrogens (tertiary/aromatic N) is 2. The maximum Gasteiger partial charge on any atom is 0.240 e. The predicted molar refractivity (Wildman–Crippen MR) is 66.6 cm³/mol. The quantitative estimate of drug-likeness (QED) is 0.907. The summed E-state index contributed by atoms with van der Waals surface area (Å²) in [5.41, 5.74) is 6.08. The minimum absolute atomic E-state index is 0.406. The molecule has 2 aromatic rings. The van der Waals surface area contributed by atoms with Crippen molar-refractivity contribution in [1.82, 2.24) is 9.55 Å². The lowest BCUT2D eigenvalue weighted by molar-refractivity contribution is -0.120. The average Bonchev–Trinajstić information content (AvgIpc) is 2.77. The van der Waals surface area contributed by atoms with Gasteiger partial charge in [-0.1, -0.05) is 23.7 Å². The molecule has 0 saturated heterocycles. The van der Waals surface area contributed by atoms with Gasteiger partial charge in [-0.15, -0.1) is 0 Å². The normalized spacial score (nSPS) is 12.4. The zero-order valence-electron chi connectivity index (χ0n) is 9.30. The predicted octanol–water partition coefficient (Wildman–Crippen LogP) is 2.25. The van der Waals surface area contributed by atoms with Gasteiger partial charge in [0.2, 0.25) is 5.91 Å². The van der Waals surface area contributed by atoms with Crippen LogP contribution in [0.1, 0.15) is 13.0 Å². The standard InChI is InChI=1S/C12H12ClN3O/c1-8(11(14)17)16-7-6-15-12(16)9-4-2-3-5-10(9)13/h2-8H,1H3,(H2,14,17). The van der Waals surface area contributed by atoms with Gasteiger partial charge in [-0.05, 0) is 19.1 Å².